The first-order valence-corrected chi connectivity index (χ1v) is 6.59. The normalized spacial score (nSPS) is 28.6. The number of hydrogen-bond donors (Lipinski definition) is 1. The molecule has 94 valence electrons. The number of Topliss-reactive ketones (excluding diaryl/α,β-unsaturated/α-hetero) is 1. The molecule has 0 saturated heterocycles. The van der Waals surface area contributed by atoms with Crippen molar-refractivity contribution in [1.82, 2.24) is 0 Å². The first-order valence-electron chi connectivity index (χ1n) is 6.59. The van der Waals surface area contributed by atoms with Gasteiger partial charge in [0.1, 0.15) is 0 Å². The van der Waals surface area contributed by atoms with Gasteiger partial charge in [-0.1, -0.05) is 18.6 Å². The van der Waals surface area contributed by atoms with Gasteiger partial charge in [0.05, 0.1) is 5.69 Å². The molecule has 1 aromatic carbocycles. The van der Waals surface area contributed by atoms with Gasteiger partial charge in [-0.3, -0.25) is 9.59 Å². The molecule has 1 amide bonds. The Bertz CT molecular complexity index is 499. The molecule has 18 heavy (non-hydrogen) atoms. The average molecular weight is 243 g/mol. The lowest BCUT2D eigenvalue weighted by molar-refractivity contribution is -0.118. The van der Waals surface area contributed by atoms with Gasteiger partial charge in [-0.25, -0.2) is 0 Å². The van der Waals surface area contributed by atoms with Crippen molar-refractivity contribution in [3.05, 3.63) is 29.8 Å². The van der Waals surface area contributed by atoms with E-state index in [2.05, 4.69) is 5.32 Å². The number of ketones is 1. The molecule has 1 N–H and O–H groups in total. The zero-order valence-corrected chi connectivity index (χ0v) is 10.5. The summed E-state index contributed by atoms with van der Waals surface area (Å²) in [6, 6.07) is 7.21. The molecule has 3 rings (SSSR count). The van der Waals surface area contributed by atoms with Crippen LogP contribution < -0.4 is 5.32 Å². The number of hydrogen-bond acceptors (Lipinski definition) is 2. The van der Waals surface area contributed by atoms with Gasteiger partial charge in [-0.15, -0.1) is 0 Å². The van der Waals surface area contributed by atoms with Gasteiger partial charge < -0.3 is 5.32 Å². The van der Waals surface area contributed by atoms with Crippen LogP contribution in [0.15, 0.2) is 24.3 Å². The van der Waals surface area contributed by atoms with Crippen LogP contribution in [0, 0.1) is 17.8 Å². The van der Waals surface area contributed by atoms with E-state index in [-0.39, 0.29) is 17.6 Å². The molecular formula is C15H17NO2. The molecule has 2 saturated carbocycles. The summed E-state index contributed by atoms with van der Waals surface area (Å²) in [5, 5.41) is 2.92. The molecule has 2 fully saturated rings. The van der Waals surface area contributed by atoms with Gasteiger partial charge in [-0.2, -0.15) is 0 Å². The second-order valence-corrected chi connectivity index (χ2v) is 5.38. The minimum absolute atomic E-state index is 0.0121. The fourth-order valence-corrected chi connectivity index (χ4v) is 3.33. The Morgan fingerprint density at radius 2 is 1.83 bits per heavy atom. The van der Waals surface area contributed by atoms with Crippen molar-refractivity contribution < 1.29 is 9.59 Å². The highest BCUT2D eigenvalue weighted by atomic mass is 16.2. The van der Waals surface area contributed by atoms with Gasteiger partial charge in [0.15, 0.2) is 5.78 Å². The molecule has 2 aliphatic rings. The van der Waals surface area contributed by atoms with Crippen molar-refractivity contribution in [2.24, 2.45) is 17.8 Å². The zero-order chi connectivity index (χ0) is 12.7. The maximum absolute atomic E-state index is 12.1. The van der Waals surface area contributed by atoms with E-state index in [0.29, 0.717) is 23.1 Å². The predicted octanol–water partition coefficient (Wildman–Crippen LogP) is 2.87. The van der Waals surface area contributed by atoms with E-state index in [4.69, 9.17) is 0 Å². The number of fused-ring (bicyclic) bond motifs is 1. The lowest BCUT2D eigenvalue weighted by Gasteiger charge is -2.09. The second kappa shape index (κ2) is 4.23. The highest BCUT2D eigenvalue weighted by molar-refractivity contribution is 6.04. The van der Waals surface area contributed by atoms with Crippen molar-refractivity contribution in [2.75, 3.05) is 5.32 Å². The fourth-order valence-electron chi connectivity index (χ4n) is 3.33. The van der Waals surface area contributed by atoms with Crippen molar-refractivity contribution in [3.63, 3.8) is 0 Å². The van der Waals surface area contributed by atoms with Gasteiger partial charge in [-0.05, 0) is 43.7 Å². The van der Waals surface area contributed by atoms with Gasteiger partial charge in [0.25, 0.3) is 0 Å². The molecule has 0 aromatic heterocycles. The third-order valence-electron chi connectivity index (χ3n) is 4.27. The Labute approximate surface area is 107 Å². The van der Waals surface area contributed by atoms with Crippen LogP contribution in [0.25, 0.3) is 0 Å². The van der Waals surface area contributed by atoms with Gasteiger partial charge in [0, 0.05) is 11.5 Å². The second-order valence-electron chi connectivity index (χ2n) is 5.38. The van der Waals surface area contributed by atoms with E-state index < -0.39 is 0 Å². The summed E-state index contributed by atoms with van der Waals surface area (Å²) in [7, 11) is 0. The molecule has 0 aliphatic heterocycles. The Hall–Kier alpha value is -1.64. The van der Waals surface area contributed by atoms with Gasteiger partial charge >= 0.3 is 0 Å². The first-order chi connectivity index (χ1) is 8.68. The van der Waals surface area contributed by atoms with Crippen molar-refractivity contribution in [1.29, 1.82) is 0 Å². The van der Waals surface area contributed by atoms with Crippen LogP contribution in [0.2, 0.25) is 0 Å². The van der Waals surface area contributed by atoms with Crippen LogP contribution in [-0.4, -0.2) is 11.7 Å². The number of carbonyl (C=O) groups excluding carboxylic acids is 2. The largest absolute Gasteiger partial charge is 0.325 e. The third kappa shape index (κ3) is 1.84. The molecule has 0 bridgehead atoms. The summed E-state index contributed by atoms with van der Waals surface area (Å²) >= 11 is 0. The van der Waals surface area contributed by atoms with Crippen LogP contribution in [0.3, 0.4) is 0 Å². The standard InChI is InChI=1S/C15H17NO2/c1-9(17)10-5-2-3-8-13(10)16-15(18)14-11-6-4-7-12(11)14/h2-3,5,8,11-12,14H,4,6-7H2,1H3,(H,16,18). The van der Waals surface area contributed by atoms with E-state index >= 15 is 0 Å². The molecule has 0 spiro atoms. The minimum Gasteiger partial charge on any atom is -0.325 e. The number of carbonyl (C=O) groups is 2. The Kier molecular flexibility index (Phi) is 2.69. The lowest BCUT2D eigenvalue weighted by Crippen LogP contribution is -2.18. The summed E-state index contributed by atoms with van der Waals surface area (Å²) in [6.07, 6.45) is 3.65. The Balaban J connectivity index is 1.73. The van der Waals surface area contributed by atoms with Crippen molar-refractivity contribution in [2.45, 2.75) is 26.2 Å². The lowest BCUT2D eigenvalue weighted by atomic mass is 10.1. The molecule has 3 heteroatoms. The molecule has 2 atom stereocenters. The van der Waals surface area contributed by atoms with E-state index in [1.165, 1.54) is 26.2 Å². The van der Waals surface area contributed by atoms with Crippen LogP contribution in [0.1, 0.15) is 36.5 Å². The summed E-state index contributed by atoms with van der Waals surface area (Å²) in [6.45, 7) is 1.52. The van der Waals surface area contributed by atoms with Crippen LogP contribution in [0.4, 0.5) is 5.69 Å². The van der Waals surface area contributed by atoms with Gasteiger partial charge in [0.2, 0.25) is 5.91 Å². The molecule has 3 nitrogen and oxygen atoms in total. The van der Waals surface area contributed by atoms with Crippen LogP contribution in [-0.2, 0) is 4.79 Å². The maximum atomic E-state index is 12.1. The monoisotopic (exact) mass is 243 g/mol. The first kappa shape index (κ1) is 11.5. The maximum Gasteiger partial charge on any atom is 0.228 e. The molecule has 1 aromatic rings. The molecular weight excluding hydrogens is 226 g/mol. The van der Waals surface area contributed by atoms with E-state index in [1.54, 1.807) is 12.1 Å². The van der Waals surface area contributed by atoms with Crippen molar-refractivity contribution >= 4 is 17.4 Å². The van der Waals surface area contributed by atoms with E-state index in [0.717, 1.165) is 0 Å². The number of anilines is 1. The van der Waals surface area contributed by atoms with Crippen LogP contribution >= 0.6 is 0 Å². The summed E-state index contributed by atoms with van der Waals surface area (Å²) in [5.74, 6) is 1.49. The topological polar surface area (TPSA) is 46.2 Å². The highest BCUT2D eigenvalue weighted by Gasteiger charge is 2.56. The minimum atomic E-state index is -0.0121. The fraction of sp³-hybridized carbons (Fsp3) is 0.467. The summed E-state index contributed by atoms with van der Waals surface area (Å²) in [5.41, 5.74) is 1.25. The van der Waals surface area contributed by atoms with Crippen LogP contribution in [0.5, 0.6) is 0 Å². The zero-order valence-electron chi connectivity index (χ0n) is 10.5. The Morgan fingerprint density at radius 3 is 2.50 bits per heavy atom. The van der Waals surface area contributed by atoms with E-state index in [1.807, 2.05) is 12.1 Å². The number of amides is 1. The summed E-state index contributed by atoms with van der Waals surface area (Å²) in [4.78, 5) is 23.6. The number of benzene rings is 1. The molecule has 2 aliphatic carbocycles. The summed E-state index contributed by atoms with van der Waals surface area (Å²) < 4.78 is 0. The third-order valence-corrected chi connectivity index (χ3v) is 4.27. The quantitative estimate of drug-likeness (QED) is 0.830. The molecule has 2 unspecified atom stereocenters. The smallest absolute Gasteiger partial charge is 0.228 e. The van der Waals surface area contributed by atoms with E-state index in [9.17, 15) is 9.59 Å². The highest BCUT2D eigenvalue weighted by Crippen LogP contribution is 2.57. The predicted molar refractivity (Wildman–Crippen MR) is 69.4 cm³/mol. The SMILES string of the molecule is CC(=O)c1ccccc1NC(=O)C1C2CCCC21. The number of rotatable bonds is 3. The average Bonchev–Trinajstić information content (AvgIpc) is 2.84. The number of para-hydroxylation sites is 1. The number of nitrogens with one attached hydrogen (secondary N) is 1. The van der Waals surface area contributed by atoms with Crippen molar-refractivity contribution in [3.8, 4) is 0 Å². The Morgan fingerprint density at radius 1 is 1.17 bits per heavy atom. The molecule has 0 radical (unpaired) electrons. The molecule has 0 heterocycles.